The number of halogens is 1. The van der Waals surface area contributed by atoms with Gasteiger partial charge in [0.1, 0.15) is 23.1 Å². The first-order valence-corrected chi connectivity index (χ1v) is 15.8. The molecular weight excluding hydrogens is 555 g/mol. The lowest BCUT2D eigenvalue weighted by Crippen LogP contribution is -2.53. The van der Waals surface area contributed by atoms with Gasteiger partial charge in [0.05, 0.1) is 5.69 Å². The number of carbonyl (C=O) groups is 2. The molecule has 0 saturated heterocycles. The molecule has 2 atom stereocenters. The SMILES string of the molecule is CC[C@@H](c1c(C=O)cccc1C1(F)CC1)C1C=Nc2ccc(-c3cnc(C4(NC(=O)OC(C)(C)C)CCC4)nc3)cc2CC1. The second-order valence-corrected chi connectivity index (χ2v) is 13.6. The van der Waals surface area contributed by atoms with Gasteiger partial charge in [-0.3, -0.25) is 9.79 Å². The van der Waals surface area contributed by atoms with E-state index >= 15 is 4.39 Å². The van der Waals surface area contributed by atoms with E-state index in [-0.39, 0.29) is 11.8 Å². The zero-order chi connectivity index (χ0) is 31.1. The minimum Gasteiger partial charge on any atom is -0.444 e. The van der Waals surface area contributed by atoms with Gasteiger partial charge in [-0.15, -0.1) is 0 Å². The van der Waals surface area contributed by atoms with Crippen LogP contribution in [0.4, 0.5) is 14.9 Å². The molecule has 2 aromatic carbocycles. The van der Waals surface area contributed by atoms with Gasteiger partial charge in [0.25, 0.3) is 0 Å². The average molecular weight is 597 g/mol. The zero-order valence-electron chi connectivity index (χ0n) is 26.0. The molecule has 1 aromatic heterocycles. The fraction of sp³-hybridized carbons (Fsp3) is 0.472. The number of amides is 1. The lowest BCUT2D eigenvalue weighted by molar-refractivity contribution is 0.0364. The maximum atomic E-state index is 15.4. The molecule has 0 radical (unpaired) electrons. The number of nitrogens with zero attached hydrogens (tertiary/aromatic N) is 3. The Hall–Kier alpha value is -3.94. The standard InChI is InChI=1S/C36H41FN4O3/c1-5-28(31-26(22-42)8-6-9-29(31)35(37)16-17-35)25-11-10-24-18-23(12-13-30(24)38-19-25)27-20-39-32(40-21-27)36(14-7-15-36)41-33(43)44-34(2,3)4/h6,8-9,12-13,18-22,25,28H,5,7,10-11,14-17H2,1-4H3,(H,41,43)/t25?,28-/m1/s1. The van der Waals surface area contributed by atoms with E-state index in [9.17, 15) is 9.59 Å². The van der Waals surface area contributed by atoms with E-state index in [0.717, 1.165) is 72.8 Å². The molecule has 6 rings (SSSR count). The molecule has 2 saturated carbocycles. The largest absolute Gasteiger partial charge is 0.444 e. The molecule has 2 heterocycles. The predicted octanol–water partition coefficient (Wildman–Crippen LogP) is 8.28. The molecule has 230 valence electrons. The number of nitrogens with one attached hydrogen (secondary N) is 1. The molecule has 8 heteroatoms. The Labute approximate surface area is 258 Å². The maximum absolute atomic E-state index is 15.4. The number of aliphatic imine (C=N–C) groups is 1. The Kier molecular flexibility index (Phi) is 7.89. The van der Waals surface area contributed by atoms with Gasteiger partial charge in [-0.1, -0.05) is 31.2 Å². The van der Waals surface area contributed by atoms with Gasteiger partial charge in [-0.25, -0.2) is 19.2 Å². The van der Waals surface area contributed by atoms with Crippen molar-refractivity contribution in [1.29, 1.82) is 0 Å². The zero-order valence-corrected chi connectivity index (χ0v) is 26.0. The molecule has 1 aliphatic heterocycles. The molecule has 3 aliphatic rings. The number of aldehydes is 1. The summed E-state index contributed by atoms with van der Waals surface area (Å²) in [5.41, 5.74) is 3.58. The molecule has 0 spiro atoms. The van der Waals surface area contributed by atoms with E-state index < -0.39 is 22.9 Å². The van der Waals surface area contributed by atoms with Crippen LogP contribution in [0, 0.1) is 5.92 Å². The summed E-state index contributed by atoms with van der Waals surface area (Å²) < 4.78 is 20.9. The summed E-state index contributed by atoms with van der Waals surface area (Å²) in [4.78, 5) is 38.8. The van der Waals surface area contributed by atoms with Crippen LogP contribution in [0.3, 0.4) is 0 Å². The number of aryl methyl sites for hydroxylation is 1. The van der Waals surface area contributed by atoms with Crippen LogP contribution in [0.2, 0.25) is 0 Å². The van der Waals surface area contributed by atoms with Crippen LogP contribution < -0.4 is 5.32 Å². The average Bonchev–Trinajstić information content (AvgIpc) is 3.77. The summed E-state index contributed by atoms with van der Waals surface area (Å²) in [6.45, 7) is 7.64. The summed E-state index contributed by atoms with van der Waals surface area (Å²) in [7, 11) is 0. The monoisotopic (exact) mass is 596 g/mol. The van der Waals surface area contributed by atoms with Crippen molar-refractivity contribution in [2.45, 2.75) is 102 Å². The van der Waals surface area contributed by atoms with Gasteiger partial charge in [-0.05, 0) is 112 Å². The number of alkyl carbamates (subject to hydrolysis) is 1. The number of alkyl halides is 1. The van der Waals surface area contributed by atoms with Crippen molar-refractivity contribution >= 4 is 24.3 Å². The Morgan fingerprint density at radius 2 is 1.86 bits per heavy atom. The van der Waals surface area contributed by atoms with Crippen LogP contribution in [0.25, 0.3) is 11.1 Å². The van der Waals surface area contributed by atoms with Crippen LogP contribution in [0.1, 0.15) is 111 Å². The summed E-state index contributed by atoms with van der Waals surface area (Å²) in [5, 5.41) is 3.02. The smallest absolute Gasteiger partial charge is 0.408 e. The van der Waals surface area contributed by atoms with Crippen molar-refractivity contribution < 1.29 is 18.7 Å². The Balaban J connectivity index is 1.20. The highest BCUT2D eigenvalue weighted by Crippen LogP contribution is 2.53. The van der Waals surface area contributed by atoms with E-state index in [2.05, 4.69) is 28.3 Å². The highest BCUT2D eigenvalue weighted by Gasteiger charge is 2.48. The summed E-state index contributed by atoms with van der Waals surface area (Å²) in [5.74, 6) is 0.686. The van der Waals surface area contributed by atoms with Crippen molar-refractivity contribution in [3.63, 3.8) is 0 Å². The van der Waals surface area contributed by atoms with Crippen LogP contribution in [-0.2, 0) is 22.4 Å². The minimum atomic E-state index is -1.32. The third kappa shape index (κ3) is 5.91. The molecule has 1 N–H and O–H groups in total. The van der Waals surface area contributed by atoms with Crippen LogP contribution in [-0.4, -0.2) is 34.2 Å². The summed E-state index contributed by atoms with van der Waals surface area (Å²) >= 11 is 0. The van der Waals surface area contributed by atoms with Gasteiger partial charge < -0.3 is 10.1 Å². The number of hydrogen-bond donors (Lipinski definition) is 1. The Bertz CT molecular complexity index is 1590. The number of carbonyl (C=O) groups excluding carboxylic acids is 2. The number of ether oxygens (including phenoxy) is 1. The van der Waals surface area contributed by atoms with Gasteiger partial charge in [-0.2, -0.15) is 0 Å². The second-order valence-electron chi connectivity index (χ2n) is 13.6. The van der Waals surface area contributed by atoms with Crippen molar-refractivity contribution in [3.8, 4) is 11.1 Å². The van der Waals surface area contributed by atoms with E-state index in [0.29, 0.717) is 29.8 Å². The first-order chi connectivity index (χ1) is 21.0. The van der Waals surface area contributed by atoms with Gasteiger partial charge in [0.15, 0.2) is 5.82 Å². The molecular formula is C36H41FN4O3. The predicted molar refractivity (Wildman–Crippen MR) is 169 cm³/mol. The van der Waals surface area contributed by atoms with E-state index in [1.54, 1.807) is 6.07 Å². The van der Waals surface area contributed by atoms with E-state index in [4.69, 9.17) is 9.73 Å². The lowest BCUT2D eigenvalue weighted by Gasteiger charge is -2.41. The number of fused-ring (bicyclic) bond motifs is 1. The highest BCUT2D eigenvalue weighted by molar-refractivity contribution is 5.80. The minimum absolute atomic E-state index is 0.00576. The third-order valence-corrected chi connectivity index (χ3v) is 9.36. The fourth-order valence-corrected chi connectivity index (χ4v) is 6.72. The first kappa shape index (κ1) is 30.1. The topological polar surface area (TPSA) is 93.5 Å². The van der Waals surface area contributed by atoms with Crippen molar-refractivity contribution in [3.05, 3.63) is 76.9 Å². The molecule has 1 unspecified atom stereocenters. The van der Waals surface area contributed by atoms with E-state index in [1.165, 1.54) is 0 Å². The fourth-order valence-electron chi connectivity index (χ4n) is 6.72. The van der Waals surface area contributed by atoms with Crippen molar-refractivity contribution in [2.24, 2.45) is 10.9 Å². The van der Waals surface area contributed by atoms with Crippen LogP contribution in [0.15, 0.2) is 53.8 Å². The molecule has 2 aliphatic carbocycles. The summed E-state index contributed by atoms with van der Waals surface area (Å²) in [6.07, 6.45) is 12.1. The Morgan fingerprint density at radius 1 is 1.11 bits per heavy atom. The first-order valence-electron chi connectivity index (χ1n) is 15.8. The Morgan fingerprint density at radius 3 is 2.48 bits per heavy atom. The lowest BCUT2D eigenvalue weighted by atomic mass is 9.76. The number of aromatic nitrogens is 2. The van der Waals surface area contributed by atoms with Crippen LogP contribution in [0.5, 0.6) is 0 Å². The third-order valence-electron chi connectivity index (χ3n) is 9.36. The van der Waals surface area contributed by atoms with Crippen molar-refractivity contribution in [2.75, 3.05) is 0 Å². The second kappa shape index (κ2) is 11.5. The maximum Gasteiger partial charge on any atom is 0.408 e. The van der Waals surface area contributed by atoms with Gasteiger partial charge >= 0.3 is 6.09 Å². The normalized spacial score (nSPS) is 20.4. The molecule has 1 amide bonds. The molecule has 0 bridgehead atoms. The number of benzene rings is 2. The molecule has 7 nitrogen and oxygen atoms in total. The molecule has 2 fully saturated rings. The number of rotatable bonds is 8. The van der Waals surface area contributed by atoms with Gasteiger partial charge in [0, 0.05) is 35.7 Å². The highest BCUT2D eigenvalue weighted by atomic mass is 19.1. The van der Waals surface area contributed by atoms with E-state index in [1.807, 2.05) is 63.6 Å². The number of hydrogen-bond acceptors (Lipinski definition) is 6. The molecule has 44 heavy (non-hydrogen) atoms. The van der Waals surface area contributed by atoms with Crippen molar-refractivity contribution in [1.82, 2.24) is 15.3 Å². The summed E-state index contributed by atoms with van der Waals surface area (Å²) in [6, 6.07) is 11.7. The molecule has 3 aromatic rings. The van der Waals surface area contributed by atoms with Crippen LogP contribution >= 0.6 is 0 Å². The quantitative estimate of drug-likeness (QED) is 0.264. The van der Waals surface area contributed by atoms with Gasteiger partial charge in [0.2, 0.25) is 0 Å².